The van der Waals surface area contributed by atoms with Crippen LogP contribution in [-0.2, 0) is 4.57 Å². The average Bonchev–Trinajstić information content (AvgIpc) is 3.28. The Morgan fingerprint density at radius 2 is 1.12 bits per heavy atom. The van der Waals surface area contributed by atoms with E-state index in [0.717, 1.165) is 43.4 Å². The molecule has 0 fully saturated rings. The van der Waals surface area contributed by atoms with Crippen molar-refractivity contribution in [2.24, 2.45) is 0 Å². The summed E-state index contributed by atoms with van der Waals surface area (Å²) in [5.74, 6) is 0. The van der Waals surface area contributed by atoms with Gasteiger partial charge in [0, 0.05) is 21.4 Å². The molecule has 158 valence electrons. The van der Waals surface area contributed by atoms with Gasteiger partial charge in [0.2, 0.25) is 0 Å². The number of hydrogen-bond donors (Lipinski definition) is 0. The van der Waals surface area contributed by atoms with Crippen LogP contribution in [0.5, 0.6) is 0 Å². The lowest BCUT2D eigenvalue weighted by Gasteiger charge is -2.20. The SMILES string of the molecule is O=P(c1ccccc1)(c1ccccc1)c1cccc2c1oc1ccc(-c3ccccc3)cc12. The fourth-order valence-electron chi connectivity index (χ4n) is 4.54. The fourth-order valence-corrected chi connectivity index (χ4v) is 7.33. The molecule has 0 spiro atoms. The zero-order valence-electron chi connectivity index (χ0n) is 17.9. The summed E-state index contributed by atoms with van der Waals surface area (Å²) in [5, 5.41) is 4.34. The fraction of sp³-hybridized carbons (Fsp3) is 0. The van der Waals surface area contributed by atoms with Gasteiger partial charge in [0.05, 0.1) is 5.30 Å². The Labute approximate surface area is 192 Å². The first-order valence-corrected chi connectivity index (χ1v) is 12.7. The number of rotatable bonds is 4. The van der Waals surface area contributed by atoms with Crippen molar-refractivity contribution in [2.75, 3.05) is 0 Å². The lowest BCUT2D eigenvalue weighted by molar-refractivity contribution is 0.592. The van der Waals surface area contributed by atoms with Gasteiger partial charge < -0.3 is 8.98 Å². The van der Waals surface area contributed by atoms with Crippen LogP contribution in [0.1, 0.15) is 0 Å². The van der Waals surface area contributed by atoms with Crippen LogP contribution in [0.4, 0.5) is 0 Å². The minimum absolute atomic E-state index is 0.689. The van der Waals surface area contributed by atoms with Crippen molar-refractivity contribution >= 4 is 45.0 Å². The van der Waals surface area contributed by atoms with E-state index >= 15 is 0 Å². The number of furan rings is 1. The number of para-hydroxylation sites is 1. The Balaban J connectivity index is 1.64. The molecule has 2 nitrogen and oxygen atoms in total. The Kier molecular flexibility index (Phi) is 4.75. The summed E-state index contributed by atoms with van der Waals surface area (Å²) in [4.78, 5) is 0. The van der Waals surface area contributed by atoms with Crippen molar-refractivity contribution in [2.45, 2.75) is 0 Å². The van der Waals surface area contributed by atoms with Crippen molar-refractivity contribution in [3.05, 3.63) is 127 Å². The highest BCUT2D eigenvalue weighted by Crippen LogP contribution is 2.45. The molecule has 6 aromatic rings. The standard InChI is InChI=1S/C30H21O2P/c31-33(24-13-6-2-7-14-24,25-15-8-3-9-16-25)29-18-10-17-26-27-21-23(22-11-4-1-5-12-22)19-20-28(27)32-30(26)29/h1-21H. The van der Waals surface area contributed by atoms with Gasteiger partial charge in [-0.25, -0.2) is 0 Å². The van der Waals surface area contributed by atoms with E-state index in [-0.39, 0.29) is 0 Å². The third-order valence-electron chi connectivity index (χ3n) is 6.16. The summed E-state index contributed by atoms with van der Waals surface area (Å²) < 4.78 is 21.3. The van der Waals surface area contributed by atoms with Crippen LogP contribution < -0.4 is 15.9 Å². The highest BCUT2D eigenvalue weighted by molar-refractivity contribution is 7.85. The predicted octanol–water partition coefficient (Wildman–Crippen LogP) is 6.89. The van der Waals surface area contributed by atoms with E-state index in [0.29, 0.717) is 5.58 Å². The summed E-state index contributed by atoms with van der Waals surface area (Å²) in [7, 11) is -3.14. The van der Waals surface area contributed by atoms with Crippen LogP contribution >= 0.6 is 7.14 Å². The Morgan fingerprint density at radius 3 is 1.76 bits per heavy atom. The van der Waals surface area contributed by atoms with Crippen LogP contribution in [0.15, 0.2) is 132 Å². The van der Waals surface area contributed by atoms with Gasteiger partial charge >= 0.3 is 0 Å². The van der Waals surface area contributed by atoms with Crippen molar-refractivity contribution in [3.63, 3.8) is 0 Å². The molecular formula is C30H21O2P. The van der Waals surface area contributed by atoms with Gasteiger partial charge in [-0.1, -0.05) is 109 Å². The minimum atomic E-state index is -3.14. The molecule has 0 saturated carbocycles. The summed E-state index contributed by atoms with van der Waals surface area (Å²) in [6.45, 7) is 0. The normalized spacial score (nSPS) is 11.8. The highest BCUT2D eigenvalue weighted by atomic mass is 31.2. The lowest BCUT2D eigenvalue weighted by Crippen LogP contribution is -2.25. The second kappa shape index (κ2) is 7.92. The molecule has 0 aliphatic carbocycles. The Morgan fingerprint density at radius 1 is 0.515 bits per heavy atom. The molecule has 0 N–H and O–H groups in total. The van der Waals surface area contributed by atoms with Crippen LogP contribution in [0, 0.1) is 0 Å². The highest BCUT2D eigenvalue weighted by Gasteiger charge is 2.32. The molecule has 3 heteroatoms. The third-order valence-corrected chi connectivity index (χ3v) is 9.24. The second-order valence-electron chi connectivity index (χ2n) is 8.11. The first-order valence-electron chi connectivity index (χ1n) is 11.0. The van der Waals surface area contributed by atoms with Gasteiger partial charge in [-0.2, -0.15) is 0 Å². The zero-order valence-corrected chi connectivity index (χ0v) is 18.8. The quantitative estimate of drug-likeness (QED) is 0.277. The molecule has 0 aliphatic rings. The molecular weight excluding hydrogens is 423 g/mol. The summed E-state index contributed by atoms with van der Waals surface area (Å²) in [5.41, 5.74) is 3.77. The van der Waals surface area contributed by atoms with E-state index in [9.17, 15) is 4.57 Å². The van der Waals surface area contributed by atoms with Gasteiger partial charge in [0.15, 0.2) is 7.14 Å². The maximum atomic E-state index is 14.9. The summed E-state index contributed by atoms with van der Waals surface area (Å²) in [6.07, 6.45) is 0. The average molecular weight is 444 g/mol. The van der Waals surface area contributed by atoms with E-state index in [2.05, 4.69) is 30.3 Å². The zero-order chi connectivity index (χ0) is 22.3. The Bertz CT molecular complexity index is 1570. The molecule has 0 atom stereocenters. The van der Waals surface area contributed by atoms with E-state index in [1.54, 1.807) is 0 Å². The Hall–Kier alpha value is -3.87. The van der Waals surface area contributed by atoms with Crippen molar-refractivity contribution in [1.82, 2.24) is 0 Å². The van der Waals surface area contributed by atoms with Crippen LogP contribution in [0.25, 0.3) is 33.1 Å². The first-order chi connectivity index (χ1) is 16.2. The largest absolute Gasteiger partial charge is 0.455 e. The molecule has 0 aliphatic heterocycles. The smallest absolute Gasteiger partial charge is 0.174 e. The minimum Gasteiger partial charge on any atom is -0.455 e. The molecule has 33 heavy (non-hydrogen) atoms. The predicted molar refractivity (Wildman–Crippen MR) is 139 cm³/mol. The van der Waals surface area contributed by atoms with Crippen molar-refractivity contribution < 1.29 is 8.98 Å². The van der Waals surface area contributed by atoms with Crippen LogP contribution in [-0.4, -0.2) is 0 Å². The van der Waals surface area contributed by atoms with E-state index in [4.69, 9.17) is 4.42 Å². The topological polar surface area (TPSA) is 30.2 Å². The second-order valence-corrected chi connectivity index (χ2v) is 10.8. The first kappa shape index (κ1) is 19.8. The molecule has 1 aromatic heterocycles. The van der Waals surface area contributed by atoms with Gasteiger partial charge in [-0.15, -0.1) is 0 Å². The van der Waals surface area contributed by atoms with Gasteiger partial charge in [-0.05, 0) is 29.3 Å². The van der Waals surface area contributed by atoms with Crippen molar-refractivity contribution in [3.8, 4) is 11.1 Å². The molecule has 0 amide bonds. The molecule has 0 saturated heterocycles. The third kappa shape index (κ3) is 3.23. The van der Waals surface area contributed by atoms with Crippen LogP contribution in [0.3, 0.4) is 0 Å². The number of fused-ring (bicyclic) bond motifs is 3. The molecule has 0 radical (unpaired) electrons. The van der Waals surface area contributed by atoms with E-state index in [1.807, 2.05) is 97.1 Å². The lowest BCUT2D eigenvalue weighted by atomic mass is 10.0. The van der Waals surface area contributed by atoms with Crippen LogP contribution in [0.2, 0.25) is 0 Å². The molecule has 0 unspecified atom stereocenters. The molecule has 5 aromatic carbocycles. The maximum Gasteiger partial charge on any atom is 0.174 e. The van der Waals surface area contributed by atoms with E-state index < -0.39 is 7.14 Å². The molecule has 0 bridgehead atoms. The molecule has 6 rings (SSSR count). The van der Waals surface area contributed by atoms with Crippen molar-refractivity contribution in [1.29, 1.82) is 0 Å². The maximum absolute atomic E-state index is 14.9. The molecule has 1 heterocycles. The van der Waals surface area contributed by atoms with Gasteiger partial charge in [0.25, 0.3) is 0 Å². The monoisotopic (exact) mass is 444 g/mol. The van der Waals surface area contributed by atoms with Gasteiger partial charge in [-0.3, -0.25) is 0 Å². The summed E-state index contributed by atoms with van der Waals surface area (Å²) >= 11 is 0. The number of benzene rings is 5. The van der Waals surface area contributed by atoms with E-state index in [1.165, 1.54) is 0 Å². The number of hydrogen-bond acceptors (Lipinski definition) is 2. The van der Waals surface area contributed by atoms with Gasteiger partial charge in [0.1, 0.15) is 11.2 Å². The summed E-state index contributed by atoms with van der Waals surface area (Å²) in [6, 6.07) is 42.0.